The molecule has 1 N–H and O–H groups in total. The molecule has 0 radical (unpaired) electrons. The Morgan fingerprint density at radius 2 is 2.12 bits per heavy atom. The van der Waals surface area contributed by atoms with E-state index >= 15 is 0 Å². The normalized spacial score (nSPS) is 24.8. The molecule has 0 spiro atoms. The van der Waals surface area contributed by atoms with Gasteiger partial charge < -0.3 is 14.9 Å². The summed E-state index contributed by atoms with van der Waals surface area (Å²) in [7, 11) is 0. The number of rotatable bonds is 4. The molecule has 132 valence electrons. The van der Waals surface area contributed by atoms with Crippen molar-refractivity contribution in [2.45, 2.75) is 44.6 Å². The van der Waals surface area contributed by atoms with Gasteiger partial charge in [-0.25, -0.2) is 0 Å². The first kappa shape index (κ1) is 17.4. The number of nitrogens with zero attached hydrogens (tertiary/aromatic N) is 3. The van der Waals surface area contributed by atoms with Gasteiger partial charge in [0.1, 0.15) is 0 Å². The Hall–Kier alpha value is -1.46. The molecule has 2 aliphatic heterocycles. The summed E-state index contributed by atoms with van der Waals surface area (Å²) in [6.45, 7) is 5.80. The van der Waals surface area contributed by atoms with Gasteiger partial charge in [0.2, 0.25) is 5.91 Å². The summed E-state index contributed by atoms with van der Waals surface area (Å²) in [5, 5.41) is 10.9. The van der Waals surface area contributed by atoms with Gasteiger partial charge in [-0.1, -0.05) is 6.07 Å². The molecule has 2 aliphatic rings. The highest BCUT2D eigenvalue weighted by Gasteiger charge is 2.35. The number of likely N-dealkylation sites (tertiary alicyclic amines) is 2. The Bertz CT molecular complexity index is 541. The predicted molar refractivity (Wildman–Crippen MR) is 93.5 cm³/mol. The van der Waals surface area contributed by atoms with Crippen LogP contribution in [0.2, 0.25) is 0 Å². The third-order valence-corrected chi connectivity index (χ3v) is 5.48. The number of aromatic nitrogens is 1. The second-order valence-corrected chi connectivity index (χ2v) is 7.50. The molecule has 0 aromatic carbocycles. The van der Waals surface area contributed by atoms with Gasteiger partial charge in [0, 0.05) is 45.0 Å². The molecule has 24 heavy (non-hydrogen) atoms. The van der Waals surface area contributed by atoms with Crippen molar-refractivity contribution < 1.29 is 9.90 Å². The van der Waals surface area contributed by atoms with E-state index in [1.807, 2.05) is 17.2 Å². The third-order valence-electron chi connectivity index (χ3n) is 5.48. The summed E-state index contributed by atoms with van der Waals surface area (Å²) >= 11 is 0. The molecule has 0 aliphatic carbocycles. The predicted octanol–water partition coefficient (Wildman–Crippen LogP) is 1.71. The highest BCUT2D eigenvalue weighted by Crippen LogP contribution is 2.27. The van der Waals surface area contributed by atoms with Crippen LogP contribution in [0.5, 0.6) is 0 Å². The van der Waals surface area contributed by atoms with Crippen molar-refractivity contribution in [1.82, 2.24) is 14.8 Å². The highest BCUT2D eigenvalue weighted by atomic mass is 16.3. The molecule has 0 saturated carbocycles. The first-order chi connectivity index (χ1) is 11.5. The number of carbonyl (C=O) groups excluding carboxylic acids is 1. The zero-order valence-corrected chi connectivity index (χ0v) is 14.7. The number of piperidine rings is 2. The molecule has 3 rings (SSSR count). The Morgan fingerprint density at radius 1 is 1.33 bits per heavy atom. The van der Waals surface area contributed by atoms with Gasteiger partial charge in [-0.05, 0) is 56.7 Å². The second-order valence-electron chi connectivity index (χ2n) is 7.50. The van der Waals surface area contributed by atoms with Crippen molar-refractivity contribution in [2.24, 2.45) is 5.92 Å². The number of carbonyl (C=O) groups is 1. The molecule has 0 unspecified atom stereocenters. The molecule has 2 saturated heterocycles. The van der Waals surface area contributed by atoms with Crippen LogP contribution >= 0.6 is 0 Å². The average Bonchev–Trinajstić information content (AvgIpc) is 2.56. The van der Waals surface area contributed by atoms with Crippen molar-refractivity contribution in [2.75, 3.05) is 32.7 Å². The molecule has 1 atom stereocenters. The van der Waals surface area contributed by atoms with E-state index in [9.17, 15) is 9.90 Å². The van der Waals surface area contributed by atoms with Crippen molar-refractivity contribution in [3.63, 3.8) is 0 Å². The van der Waals surface area contributed by atoms with Gasteiger partial charge in [0.05, 0.1) is 5.60 Å². The number of β-amino-alcohol motifs (C(OH)–C–C–N with tert-alkyl or cyclic N) is 1. The Morgan fingerprint density at radius 3 is 2.79 bits per heavy atom. The Labute approximate surface area is 144 Å². The molecular formula is C19H29N3O2. The van der Waals surface area contributed by atoms with Crippen LogP contribution in [0.4, 0.5) is 0 Å². The van der Waals surface area contributed by atoms with Gasteiger partial charge in [0.25, 0.3) is 0 Å². The maximum absolute atomic E-state index is 11.4. The van der Waals surface area contributed by atoms with Crippen molar-refractivity contribution >= 4 is 5.91 Å². The lowest BCUT2D eigenvalue weighted by atomic mass is 9.88. The lowest BCUT2D eigenvalue weighted by molar-refractivity contribution is -0.133. The van der Waals surface area contributed by atoms with Crippen LogP contribution in [0.3, 0.4) is 0 Å². The molecule has 3 heterocycles. The number of hydrogen-bond acceptors (Lipinski definition) is 4. The minimum atomic E-state index is -0.640. The fourth-order valence-electron chi connectivity index (χ4n) is 4.09. The maximum Gasteiger partial charge on any atom is 0.219 e. The fourth-order valence-corrected chi connectivity index (χ4v) is 4.09. The quantitative estimate of drug-likeness (QED) is 0.912. The van der Waals surface area contributed by atoms with Crippen LogP contribution in [0.25, 0.3) is 0 Å². The molecule has 1 aromatic heterocycles. The number of pyridine rings is 1. The monoisotopic (exact) mass is 331 g/mol. The third kappa shape index (κ3) is 4.54. The van der Waals surface area contributed by atoms with E-state index in [-0.39, 0.29) is 5.91 Å². The Kier molecular flexibility index (Phi) is 5.51. The Balaban J connectivity index is 1.51. The summed E-state index contributed by atoms with van der Waals surface area (Å²) in [5.41, 5.74) is 0.525. The second kappa shape index (κ2) is 7.62. The molecule has 0 bridgehead atoms. The lowest BCUT2D eigenvalue weighted by Gasteiger charge is -2.42. The van der Waals surface area contributed by atoms with Crippen LogP contribution in [-0.4, -0.2) is 64.1 Å². The molecule has 2 fully saturated rings. The zero-order valence-electron chi connectivity index (χ0n) is 14.7. The van der Waals surface area contributed by atoms with E-state index in [2.05, 4.69) is 22.0 Å². The number of amides is 1. The SMILES string of the molecule is CC(=O)N1CCC(O)(CN2CCC[C@@H](Cc3ccccn3)C2)CC1. The molecule has 1 aromatic rings. The average molecular weight is 331 g/mol. The molecular weight excluding hydrogens is 302 g/mol. The standard InChI is InChI=1S/C19H29N3O2/c1-16(23)22-11-7-19(24,8-12-22)15-21-10-4-5-17(14-21)13-18-6-2-3-9-20-18/h2-3,6,9,17,24H,4-5,7-8,10-15H2,1H3/t17-/m0/s1. The largest absolute Gasteiger partial charge is 0.388 e. The van der Waals surface area contributed by atoms with Gasteiger partial charge in [-0.3, -0.25) is 9.78 Å². The topological polar surface area (TPSA) is 56.7 Å². The summed E-state index contributed by atoms with van der Waals surface area (Å²) in [6.07, 6.45) is 6.69. The molecule has 5 nitrogen and oxygen atoms in total. The first-order valence-corrected chi connectivity index (χ1v) is 9.14. The van der Waals surface area contributed by atoms with E-state index in [1.54, 1.807) is 6.92 Å². The molecule has 5 heteroatoms. The van der Waals surface area contributed by atoms with Gasteiger partial charge in [0.15, 0.2) is 0 Å². The summed E-state index contributed by atoms with van der Waals surface area (Å²) < 4.78 is 0. The van der Waals surface area contributed by atoms with Crippen LogP contribution in [0, 0.1) is 5.92 Å². The van der Waals surface area contributed by atoms with E-state index in [0.29, 0.717) is 31.8 Å². The number of aliphatic hydroxyl groups is 1. The van der Waals surface area contributed by atoms with Gasteiger partial charge in [-0.2, -0.15) is 0 Å². The summed E-state index contributed by atoms with van der Waals surface area (Å²) in [5.74, 6) is 0.736. The van der Waals surface area contributed by atoms with E-state index < -0.39 is 5.60 Å². The molecule has 1 amide bonds. The van der Waals surface area contributed by atoms with Gasteiger partial charge in [-0.15, -0.1) is 0 Å². The van der Waals surface area contributed by atoms with E-state index in [1.165, 1.54) is 12.8 Å². The highest BCUT2D eigenvalue weighted by molar-refractivity contribution is 5.73. The fraction of sp³-hybridized carbons (Fsp3) is 0.684. The zero-order chi connectivity index (χ0) is 17.0. The van der Waals surface area contributed by atoms with Crippen LogP contribution in [-0.2, 0) is 11.2 Å². The van der Waals surface area contributed by atoms with Crippen LogP contribution in [0.15, 0.2) is 24.4 Å². The van der Waals surface area contributed by atoms with Crippen LogP contribution < -0.4 is 0 Å². The summed E-state index contributed by atoms with van der Waals surface area (Å²) in [6, 6.07) is 6.11. The summed E-state index contributed by atoms with van der Waals surface area (Å²) in [4.78, 5) is 20.2. The number of hydrogen-bond donors (Lipinski definition) is 1. The van der Waals surface area contributed by atoms with E-state index in [0.717, 1.165) is 31.7 Å². The van der Waals surface area contributed by atoms with E-state index in [4.69, 9.17) is 0 Å². The van der Waals surface area contributed by atoms with Crippen LogP contribution in [0.1, 0.15) is 38.3 Å². The van der Waals surface area contributed by atoms with Crippen molar-refractivity contribution in [3.05, 3.63) is 30.1 Å². The van der Waals surface area contributed by atoms with Crippen molar-refractivity contribution in [1.29, 1.82) is 0 Å². The van der Waals surface area contributed by atoms with Crippen molar-refractivity contribution in [3.8, 4) is 0 Å². The minimum absolute atomic E-state index is 0.116. The smallest absolute Gasteiger partial charge is 0.219 e. The lowest BCUT2D eigenvalue weighted by Crippen LogP contribution is -2.53. The van der Waals surface area contributed by atoms with Gasteiger partial charge >= 0.3 is 0 Å². The maximum atomic E-state index is 11.4. The minimum Gasteiger partial charge on any atom is -0.388 e. The first-order valence-electron chi connectivity index (χ1n) is 9.14.